The molecule has 2 saturated heterocycles. The molecular formula is C19H22Cl2N6O. The summed E-state index contributed by atoms with van der Waals surface area (Å²) in [6.07, 6.45) is 2.52. The Kier molecular flexibility index (Phi) is 5.46. The smallest absolute Gasteiger partial charge is 0.241 e. The number of amides is 1. The number of nitrogens with zero attached hydrogens (tertiary/aromatic N) is 5. The van der Waals surface area contributed by atoms with Crippen molar-refractivity contribution in [1.82, 2.24) is 14.9 Å². The number of hydrogen-bond donors (Lipinski definition) is 1. The highest BCUT2D eigenvalue weighted by atomic mass is 35.5. The Bertz CT molecular complexity index is 879. The van der Waals surface area contributed by atoms with Crippen molar-refractivity contribution >= 4 is 46.4 Å². The van der Waals surface area contributed by atoms with Crippen molar-refractivity contribution in [1.29, 1.82) is 0 Å². The van der Waals surface area contributed by atoms with Crippen LogP contribution in [0.1, 0.15) is 6.42 Å². The summed E-state index contributed by atoms with van der Waals surface area (Å²) in [7, 11) is 1.82. The van der Waals surface area contributed by atoms with Gasteiger partial charge in [0.2, 0.25) is 5.91 Å². The molecule has 2 fully saturated rings. The van der Waals surface area contributed by atoms with E-state index < -0.39 is 0 Å². The van der Waals surface area contributed by atoms with Crippen LogP contribution in [-0.2, 0) is 4.79 Å². The number of anilines is 3. The molecule has 4 rings (SSSR count). The fourth-order valence-corrected chi connectivity index (χ4v) is 4.12. The SMILES string of the molecule is CN1CCN(c2cc(NC3CCN(c4ccc(Cl)cc4Cl)C3)ncn2)CC1=O. The lowest BCUT2D eigenvalue weighted by Gasteiger charge is -2.32. The van der Waals surface area contributed by atoms with Crippen LogP contribution in [-0.4, -0.2) is 66.6 Å². The Morgan fingerprint density at radius 3 is 2.75 bits per heavy atom. The van der Waals surface area contributed by atoms with E-state index in [1.54, 1.807) is 17.3 Å². The molecule has 0 radical (unpaired) electrons. The number of hydrogen-bond acceptors (Lipinski definition) is 6. The van der Waals surface area contributed by atoms with Crippen molar-refractivity contribution in [2.45, 2.75) is 12.5 Å². The van der Waals surface area contributed by atoms with Crippen molar-refractivity contribution in [2.24, 2.45) is 0 Å². The van der Waals surface area contributed by atoms with E-state index in [4.69, 9.17) is 23.2 Å². The molecule has 1 aromatic heterocycles. The Hall–Kier alpha value is -2.25. The lowest BCUT2D eigenvalue weighted by Crippen LogP contribution is -2.48. The Labute approximate surface area is 174 Å². The zero-order chi connectivity index (χ0) is 19.7. The van der Waals surface area contributed by atoms with Crippen LogP contribution in [0.15, 0.2) is 30.6 Å². The Morgan fingerprint density at radius 2 is 1.96 bits per heavy atom. The third-order valence-corrected chi connectivity index (χ3v) is 5.76. The van der Waals surface area contributed by atoms with Crippen LogP contribution in [0.3, 0.4) is 0 Å². The predicted molar refractivity (Wildman–Crippen MR) is 113 cm³/mol. The second kappa shape index (κ2) is 8.01. The van der Waals surface area contributed by atoms with Crippen LogP contribution in [0.2, 0.25) is 10.0 Å². The van der Waals surface area contributed by atoms with E-state index in [-0.39, 0.29) is 11.9 Å². The highest BCUT2D eigenvalue weighted by Crippen LogP contribution is 2.31. The second-order valence-corrected chi connectivity index (χ2v) is 8.01. The van der Waals surface area contributed by atoms with Crippen LogP contribution in [0.25, 0.3) is 0 Å². The molecule has 2 aliphatic heterocycles. The highest BCUT2D eigenvalue weighted by molar-refractivity contribution is 6.36. The Morgan fingerprint density at radius 1 is 1.11 bits per heavy atom. The molecule has 0 saturated carbocycles. The number of halogens is 2. The molecule has 0 aliphatic carbocycles. The average Bonchev–Trinajstić information content (AvgIpc) is 3.12. The van der Waals surface area contributed by atoms with Gasteiger partial charge in [-0.1, -0.05) is 23.2 Å². The maximum absolute atomic E-state index is 12.0. The normalized spacial score (nSPS) is 20.0. The zero-order valence-corrected chi connectivity index (χ0v) is 17.1. The minimum absolute atomic E-state index is 0.102. The first-order valence-electron chi connectivity index (χ1n) is 9.27. The van der Waals surface area contributed by atoms with Gasteiger partial charge in [-0.05, 0) is 24.6 Å². The van der Waals surface area contributed by atoms with Gasteiger partial charge in [-0.15, -0.1) is 0 Å². The van der Waals surface area contributed by atoms with Crippen molar-refractivity contribution in [2.75, 3.05) is 54.9 Å². The van der Waals surface area contributed by atoms with E-state index in [1.807, 2.05) is 30.1 Å². The Balaban J connectivity index is 1.41. The number of aromatic nitrogens is 2. The van der Waals surface area contributed by atoms with Crippen molar-refractivity contribution in [3.05, 3.63) is 40.6 Å². The van der Waals surface area contributed by atoms with Gasteiger partial charge in [0, 0.05) is 50.4 Å². The third kappa shape index (κ3) is 4.10. The number of rotatable bonds is 4. The lowest BCUT2D eigenvalue weighted by atomic mass is 10.2. The van der Waals surface area contributed by atoms with Gasteiger partial charge >= 0.3 is 0 Å². The van der Waals surface area contributed by atoms with Crippen molar-refractivity contribution < 1.29 is 4.79 Å². The number of likely N-dealkylation sites (N-methyl/N-ethyl adjacent to an activating group) is 1. The summed E-state index contributed by atoms with van der Waals surface area (Å²) >= 11 is 12.3. The van der Waals surface area contributed by atoms with Gasteiger partial charge in [-0.2, -0.15) is 0 Å². The quantitative estimate of drug-likeness (QED) is 0.819. The van der Waals surface area contributed by atoms with E-state index in [2.05, 4.69) is 20.2 Å². The summed E-state index contributed by atoms with van der Waals surface area (Å²) in [5.74, 6) is 1.64. The maximum Gasteiger partial charge on any atom is 0.241 e. The monoisotopic (exact) mass is 420 g/mol. The summed E-state index contributed by atoms with van der Waals surface area (Å²) in [5.41, 5.74) is 0.995. The summed E-state index contributed by atoms with van der Waals surface area (Å²) < 4.78 is 0. The van der Waals surface area contributed by atoms with Crippen LogP contribution in [0.5, 0.6) is 0 Å². The summed E-state index contributed by atoms with van der Waals surface area (Å²) in [6.45, 7) is 3.55. The molecule has 0 spiro atoms. The minimum Gasteiger partial charge on any atom is -0.368 e. The second-order valence-electron chi connectivity index (χ2n) is 7.17. The molecule has 148 valence electrons. The number of nitrogens with one attached hydrogen (secondary N) is 1. The number of piperazine rings is 1. The molecule has 28 heavy (non-hydrogen) atoms. The average molecular weight is 421 g/mol. The molecule has 1 atom stereocenters. The first-order valence-corrected chi connectivity index (χ1v) is 10.0. The first kappa shape index (κ1) is 19.1. The summed E-state index contributed by atoms with van der Waals surface area (Å²) in [4.78, 5) is 26.6. The molecule has 2 aromatic rings. The van der Waals surface area contributed by atoms with Crippen LogP contribution < -0.4 is 15.1 Å². The number of carbonyl (C=O) groups excluding carboxylic acids is 1. The molecule has 1 unspecified atom stereocenters. The first-order chi connectivity index (χ1) is 13.5. The standard InChI is InChI=1S/C19H22Cl2N6O/c1-25-6-7-27(11-19(25)28)18-9-17(22-12-23-18)24-14-4-5-26(10-14)16-3-2-13(20)8-15(16)21/h2-3,8-9,12,14H,4-7,10-11H2,1H3,(H,22,23,24). The predicted octanol–water partition coefficient (Wildman–Crippen LogP) is 2.75. The van der Waals surface area contributed by atoms with Crippen molar-refractivity contribution in [3.8, 4) is 0 Å². The fraction of sp³-hybridized carbons (Fsp3) is 0.421. The number of benzene rings is 1. The fourth-order valence-electron chi connectivity index (χ4n) is 3.60. The molecule has 1 N–H and O–H groups in total. The van der Waals surface area contributed by atoms with Gasteiger partial charge in [0.05, 0.1) is 17.3 Å². The van der Waals surface area contributed by atoms with E-state index in [0.29, 0.717) is 23.1 Å². The molecule has 2 aliphatic rings. The van der Waals surface area contributed by atoms with Gasteiger partial charge in [-0.25, -0.2) is 9.97 Å². The molecule has 7 nitrogen and oxygen atoms in total. The summed E-state index contributed by atoms with van der Waals surface area (Å²) in [5, 5.41) is 4.79. The van der Waals surface area contributed by atoms with Gasteiger partial charge in [0.25, 0.3) is 0 Å². The largest absolute Gasteiger partial charge is 0.368 e. The molecule has 1 amide bonds. The third-order valence-electron chi connectivity index (χ3n) is 5.22. The topological polar surface area (TPSA) is 64.6 Å². The maximum atomic E-state index is 12.0. The van der Waals surface area contributed by atoms with E-state index >= 15 is 0 Å². The van der Waals surface area contributed by atoms with Gasteiger partial charge in [-0.3, -0.25) is 4.79 Å². The van der Waals surface area contributed by atoms with Crippen LogP contribution >= 0.6 is 23.2 Å². The van der Waals surface area contributed by atoms with Crippen LogP contribution in [0, 0.1) is 0 Å². The van der Waals surface area contributed by atoms with Gasteiger partial charge < -0.3 is 20.0 Å². The molecule has 9 heteroatoms. The van der Waals surface area contributed by atoms with E-state index in [1.165, 1.54) is 0 Å². The molecule has 3 heterocycles. The highest BCUT2D eigenvalue weighted by Gasteiger charge is 2.25. The summed E-state index contributed by atoms with van der Waals surface area (Å²) in [6, 6.07) is 7.75. The molecule has 1 aromatic carbocycles. The molecular weight excluding hydrogens is 399 g/mol. The number of carbonyl (C=O) groups is 1. The van der Waals surface area contributed by atoms with E-state index in [9.17, 15) is 4.79 Å². The van der Waals surface area contributed by atoms with Gasteiger partial charge in [0.1, 0.15) is 18.0 Å². The van der Waals surface area contributed by atoms with Gasteiger partial charge in [0.15, 0.2) is 0 Å². The van der Waals surface area contributed by atoms with Crippen LogP contribution in [0.4, 0.5) is 17.3 Å². The lowest BCUT2D eigenvalue weighted by molar-refractivity contribution is -0.129. The van der Waals surface area contributed by atoms with Crippen molar-refractivity contribution in [3.63, 3.8) is 0 Å². The molecule has 0 bridgehead atoms. The zero-order valence-electron chi connectivity index (χ0n) is 15.6. The minimum atomic E-state index is 0.102. The van der Waals surface area contributed by atoms with E-state index in [0.717, 1.165) is 43.4 Å².